The molecule has 2 rings (SSSR count). The average Bonchev–Trinajstić information content (AvgIpc) is 2.45. The minimum Gasteiger partial charge on any atom is -0.315 e. The van der Waals surface area contributed by atoms with E-state index in [0.717, 1.165) is 45.2 Å². The molecule has 0 aromatic rings. The number of hydrogen-bond donors (Lipinski definition) is 1. The van der Waals surface area contributed by atoms with Gasteiger partial charge in [-0.3, -0.25) is 0 Å². The molecule has 2 saturated heterocycles. The van der Waals surface area contributed by atoms with E-state index < -0.39 is 10.2 Å². The van der Waals surface area contributed by atoms with Crippen molar-refractivity contribution >= 4 is 10.2 Å². The quantitative estimate of drug-likeness (QED) is 0.841. The van der Waals surface area contributed by atoms with Crippen molar-refractivity contribution in [2.45, 2.75) is 65.0 Å². The van der Waals surface area contributed by atoms with Gasteiger partial charge in [0, 0.05) is 31.7 Å². The minimum atomic E-state index is -3.31. The van der Waals surface area contributed by atoms with Crippen molar-refractivity contribution in [2.24, 2.45) is 5.92 Å². The standard InChI is InChI=1S/C15H31N3O2S/c1-4-16-12-15-7-5-6-9-18(15)21(19,20)17-10-8-13(2)11-14(17)3/h13-16H,4-12H2,1-3H3. The monoisotopic (exact) mass is 317 g/mol. The van der Waals surface area contributed by atoms with Crippen LogP contribution >= 0.6 is 0 Å². The van der Waals surface area contributed by atoms with Gasteiger partial charge in [0.15, 0.2) is 0 Å². The fraction of sp³-hybridized carbons (Fsp3) is 1.00. The number of hydrogen-bond acceptors (Lipinski definition) is 3. The van der Waals surface area contributed by atoms with Gasteiger partial charge in [-0.1, -0.05) is 20.3 Å². The van der Waals surface area contributed by atoms with Crippen LogP contribution in [0.2, 0.25) is 0 Å². The lowest BCUT2D eigenvalue weighted by Crippen LogP contribution is -2.56. The molecule has 0 aliphatic carbocycles. The molecule has 21 heavy (non-hydrogen) atoms. The van der Waals surface area contributed by atoms with Crippen LogP contribution in [0.5, 0.6) is 0 Å². The highest BCUT2D eigenvalue weighted by Gasteiger charge is 2.40. The highest BCUT2D eigenvalue weighted by Crippen LogP contribution is 2.29. The Bertz CT molecular complexity index is 427. The minimum absolute atomic E-state index is 0.121. The number of nitrogens with zero attached hydrogens (tertiary/aromatic N) is 2. The first kappa shape index (κ1) is 17.2. The molecule has 2 aliphatic rings. The lowest BCUT2D eigenvalue weighted by Gasteiger charge is -2.42. The molecule has 0 amide bonds. The second-order valence-corrected chi connectivity index (χ2v) is 8.50. The van der Waals surface area contributed by atoms with Crippen LogP contribution in [0, 0.1) is 5.92 Å². The maximum Gasteiger partial charge on any atom is 0.282 e. The second kappa shape index (κ2) is 7.40. The summed E-state index contributed by atoms with van der Waals surface area (Å²) in [5, 5.41) is 3.32. The molecule has 2 heterocycles. The Morgan fingerprint density at radius 2 is 1.86 bits per heavy atom. The smallest absolute Gasteiger partial charge is 0.282 e. The van der Waals surface area contributed by atoms with Gasteiger partial charge in [-0.15, -0.1) is 0 Å². The van der Waals surface area contributed by atoms with E-state index in [4.69, 9.17) is 0 Å². The summed E-state index contributed by atoms with van der Waals surface area (Å²) in [6.07, 6.45) is 5.06. The Kier molecular flexibility index (Phi) is 6.05. The molecule has 0 aromatic heterocycles. The molecule has 0 spiro atoms. The van der Waals surface area contributed by atoms with E-state index in [-0.39, 0.29) is 12.1 Å². The van der Waals surface area contributed by atoms with Crippen LogP contribution in [0.4, 0.5) is 0 Å². The van der Waals surface area contributed by atoms with Crippen molar-refractivity contribution < 1.29 is 8.42 Å². The maximum atomic E-state index is 13.1. The molecule has 0 aromatic carbocycles. The van der Waals surface area contributed by atoms with Gasteiger partial charge in [0.2, 0.25) is 0 Å². The Labute approximate surface area is 130 Å². The second-order valence-electron chi connectivity index (χ2n) is 6.67. The highest BCUT2D eigenvalue weighted by atomic mass is 32.2. The SMILES string of the molecule is CCNCC1CCCCN1S(=O)(=O)N1CCC(C)CC1C. The van der Waals surface area contributed by atoms with Crippen molar-refractivity contribution in [2.75, 3.05) is 26.2 Å². The van der Waals surface area contributed by atoms with E-state index in [1.807, 2.05) is 0 Å². The molecular weight excluding hydrogens is 286 g/mol. The normalized spacial score (nSPS) is 33.2. The zero-order chi connectivity index (χ0) is 15.5. The Balaban J connectivity index is 2.12. The molecule has 0 saturated carbocycles. The molecule has 3 atom stereocenters. The van der Waals surface area contributed by atoms with Gasteiger partial charge < -0.3 is 5.32 Å². The molecule has 2 fully saturated rings. The molecule has 1 N–H and O–H groups in total. The summed E-state index contributed by atoms with van der Waals surface area (Å²) in [7, 11) is -3.31. The zero-order valence-corrected chi connectivity index (χ0v) is 14.5. The van der Waals surface area contributed by atoms with Crippen LogP contribution in [-0.4, -0.2) is 55.3 Å². The number of likely N-dealkylation sites (N-methyl/N-ethyl adjacent to an activating group) is 1. The van der Waals surface area contributed by atoms with Crippen molar-refractivity contribution in [1.29, 1.82) is 0 Å². The van der Waals surface area contributed by atoms with Crippen LogP contribution in [0.15, 0.2) is 0 Å². The van der Waals surface area contributed by atoms with Crippen molar-refractivity contribution in [3.05, 3.63) is 0 Å². The summed E-state index contributed by atoms with van der Waals surface area (Å²) in [5.74, 6) is 0.630. The molecule has 6 heteroatoms. The molecule has 124 valence electrons. The maximum absolute atomic E-state index is 13.1. The summed E-state index contributed by atoms with van der Waals surface area (Å²) in [5.41, 5.74) is 0. The van der Waals surface area contributed by atoms with Gasteiger partial charge >= 0.3 is 0 Å². The highest BCUT2D eigenvalue weighted by molar-refractivity contribution is 7.86. The molecule has 5 nitrogen and oxygen atoms in total. The first-order valence-corrected chi connectivity index (χ1v) is 9.85. The van der Waals surface area contributed by atoms with Crippen LogP contribution in [0.1, 0.15) is 52.9 Å². The number of piperidine rings is 2. The first-order chi connectivity index (χ1) is 9.96. The van der Waals surface area contributed by atoms with Gasteiger partial charge in [-0.05, 0) is 45.1 Å². The third kappa shape index (κ3) is 3.97. The van der Waals surface area contributed by atoms with E-state index in [1.165, 1.54) is 0 Å². The van der Waals surface area contributed by atoms with E-state index in [9.17, 15) is 8.42 Å². The largest absolute Gasteiger partial charge is 0.315 e. The number of nitrogens with one attached hydrogen (secondary N) is 1. The van der Waals surface area contributed by atoms with Crippen LogP contribution < -0.4 is 5.32 Å². The topological polar surface area (TPSA) is 52.7 Å². The van der Waals surface area contributed by atoms with Crippen molar-refractivity contribution in [1.82, 2.24) is 13.9 Å². The molecular formula is C15H31N3O2S. The fourth-order valence-electron chi connectivity index (χ4n) is 3.66. The van der Waals surface area contributed by atoms with E-state index in [0.29, 0.717) is 19.0 Å². The van der Waals surface area contributed by atoms with Gasteiger partial charge in [0.25, 0.3) is 10.2 Å². The van der Waals surface area contributed by atoms with Gasteiger partial charge in [-0.25, -0.2) is 0 Å². The predicted molar refractivity (Wildman–Crippen MR) is 86.4 cm³/mol. The third-order valence-corrected chi connectivity index (χ3v) is 7.08. The Hall–Kier alpha value is -0.170. The Morgan fingerprint density at radius 1 is 1.10 bits per heavy atom. The van der Waals surface area contributed by atoms with E-state index >= 15 is 0 Å². The lowest BCUT2D eigenvalue weighted by atomic mass is 9.95. The molecule has 2 aliphatic heterocycles. The summed E-state index contributed by atoms with van der Waals surface area (Å²) in [4.78, 5) is 0. The van der Waals surface area contributed by atoms with Crippen LogP contribution in [-0.2, 0) is 10.2 Å². The predicted octanol–water partition coefficient (Wildman–Crippen LogP) is 1.82. The fourth-order valence-corrected chi connectivity index (χ4v) is 5.72. The van der Waals surface area contributed by atoms with Gasteiger partial charge in [0.05, 0.1) is 0 Å². The van der Waals surface area contributed by atoms with E-state index in [1.54, 1.807) is 8.61 Å². The number of rotatable bonds is 5. The summed E-state index contributed by atoms with van der Waals surface area (Å²) in [6.45, 7) is 9.35. The summed E-state index contributed by atoms with van der Waals surface area (Å²) in [6, 6.07) is 0.246. The van der Waals surface area contributed by atoms with E-state index in [2.05, 4.69) is 26.1 Å². The third-order valence-electron chi connectivity index (χ3n) is 4.87. The van der Waals surface area contributed by atoms with Crippen LogP contribution in [0.3, 0.4) is 0 Å². The van der Waals surface area contributed by atoms with Crippen molar-refractivity contribution in [3.8, 4) is 0 Å². The van der Waals surface area contributed by atoms with Crippen LogP contribution in [0.25, 0.3) is 0 Å². The average molecular weight is 317 g/mol. The molecule has 3 unspecified atom stereocenters. The zero-order valence-electron chi connectivity index (χ0n) is 13.7. The van der Waals surface area contributed by atoms with Crippen molar-refractivity contribution in [3.63, 3.8) is 0 Å². The molecule has 0 radical (unpaired) electrons. The lowest BCUT2D eigenvalue weighted by molar-refractivity contribution is 0.180. The molecule has 0 bridgehead atoms. The Morgan fingerprint density at radius 3 is 2.52 bits per heavy atom. The van der Waals surface area contributed by atoms with Gasteiger partial charge in [-0.2, -0.15) is 17.0 Å². The first-order valence-electron chi connectivity index (χ1n) is 8.46. The van der Waals surface area contributed by atoms with Gasteiger partial charge in [0.1, 0.15) is 0 Å². The summed E-state index contributed by atoms with van der Waals surface area (Å²) < 4.78 is 29.6. The summed E-state index contributed by atoms with van der Waals surface area (Å²) >= 11 is 0.